The van der Waals surface area contributed by atoms with Crippen molar-refractivity contribution in [2.75, 3.05) is 4.90 Å². The highest BCUT2D eigenvalue weighted by molar-refractivity contribution is 6.00. The number of hydrogen-bond acceptors (Lipinski definition) is 1. The number of nitrogens with zero attached hydrogens (tertiary/aromatic N) is 1. The minimum atomic E-state index is 1.08. The van der Waals surface area contributed by atoms with E-state index in [2.05, 4.69) is 205 Å². The van der Waals surface area contributed by atoms with Gasteiger partial charge >= 0.3 is 0 Å². The molecule has 0 radical (unpaired) electrons. The first kappa shape index (κ1) is 31.1. The van der Waals surface area contributed by atoms with E-state index < -0.39 is 0 Å². The second-order valence-corrected chi connectivity index (χ2v) is 14.1. The molecule has 250 valence electrons. The Bertz CT molecular complexity index is 2740. The summed E-state index contributed by atoms with van der Waals surface area (Å²) in [5.41, 5.74) is 16.3. The van der Waals surface area contributed by atoms with Crippen molar-refractivity contribution >= 4 is 38.6 Å². The molecule has 1 aliphatic carbocycles. The smallest absolute Gasteiger partial charge is 0.0462 e. The molecule has 10 rings (SSSR count). The van der Waals surface area contributed by atoms with Crippen LogP contribution >= 0.6 is 0 Å². The van der Waals surface area contributed by atoms with E-state index in [1.807, 2.05) is 0 Å². The average Bonchev–Trinajstić information content (AvgIpc) is 3.24. The predicted octanol–water partition coefficient (Wildman–Crippen LogP) is 14.2. The molecule has 9 aromatic rings. The highest BCUT2D eigenvalue weighted by atomic mass is 15.1. The van der Waals surface area contributed by atoms with Crippen LogP contribution in [0.3, 0.4) is 0 Å². The van der Waals surface area contributed by atoms with Crippen LogP contribution < -0.4 is 4.90 Å². The van der Waals surface area contributed by atoms with E-state index in [4.69, 9.17) is 0 Å². The number of hydrogen-bond donors (Lipinski definition) is 0. The topological polar surface area (TPSA) is 3.24 Å². The van der Waals surface area contributed by atoms with Gasteiger partial charge in [-0.1, -0.05) is 152 Å². The van der Waals surface area contributed by atoms with E-state index in [1.54, 1.807) is 0 Å². The van der Waals surface area contributed by atoms with Gasteiger partial charge in [-0.15, -0.1) is 0 Å². The predicted molar refractivity (Wildman–Crippen MR) is 225 cm³/mol. The summed E-state index contributed by atoms with van der Waals surface area (Å²) < 4.78 is 0. The van der Waals surface area contributed by atoms with Gasteiger partial charge < -0.3 is 4.90 Å². The molecular weight excluding hydrogens is 639 g/mol. The molecule has 0 saturated carbocycles. The van der Waals surface area contributed by atoms with Crippen LogP contribution in [0, 0.1) is 0 Å². The summed E-state index contributed by atoms with van der Waals surface area (Å²) in [6, 6.07) is 73.3. The van der Waals surface area contributed by atoms with E-state index in [0.29, 0.717) is 0 Å². The molecule has 0 atom stereocenters. The molecule has 0 amide bonds. The monoisotopic (exact) mass is 675 g/mol. The van der Waals surface area contributed by atoms with Gasteiger partial charge in [0.15, 0.2) is 0 Å². The molecule has 0 aromatic heterocycles. The number of fused-ring (bicyclic) bond motifs is 6. The molecule has 0 fully saturated rings. The van der Waals surface area contributed by atoms with Crippen molar-refractivity contribution in [2.24, 2.45) is 0 Å². The van der Waals surface area contributed by atoms with Gasteiger partial charge in [0.1, 0.15) is 0 Å². The van der Waals surface area contributed by atoms with Crippen LogP contribution in [0.5, 0.6) is 0 Å². The lowest BCUT2D eigenvalue weighted by Gasteiger charge is -2.26. The molecule has 1 heteroatoms. The van der Waals surface area contributed by atoms with Crippen LogP contribution in [-0.4, -0.2) is 0 Å². The van der Waals surface area contributed by atoms with Crippen molar-refractivity contribution in [3.05, 3.63) is 211 Å². The summed E-state index contributed by atoms with van der Waals surface area (Å²) in [7, 11) is 0. The van der Waals surface area contributed by atoms with Gasteiger partial charge in [-0.2, -0.15) is 0 Å². The third kappa shape index (κ3) is 5.77. The Morgan fingerprint density at radius 2 is 0.755 bits per heavy atom. The lowest BCUT2D eigenvalue weighted by Crippen LogP contribution is -2.09. The molecule has 53 heavy (non-hydrogen) atoms. The Hall–Kier alpha value is -6.70. The summed E-state index contributed by atoms with van der Waals surface area (Å²) in [6.07, 6.45) is 2.17. The molecule has 0 bridgehead atoms. The van der Waals surface area contributed by atoms with Gasteiger partial charge in [-0.05, 0) is 139 Å². The molecule has 1 nitrogen and oxygen atoms in total. The quantitative estimate of drug-likeness (QED) is 0.170. The van der Waals surface area contributed by atoms with Gasteiger partial charge in [0, 0.05) is 17.1 Å². The Labute approximate surface area is 311 Å². The Morgan fingerprint density at radius 3 is 1.43 bits per heavy atom. The molecule has 9 aromatic carbocycles. The fraction of sp³-hybridized carbons (Fsp3) is 0.0385. The molecule has 0 saturated heterocycles. The van der Waals surface area contributed by atoms with Crippen LogP contribution in [0.2, 0.25) is 0 Å². The van der Waals surface area contributed by atoms with Gasteiger partial charge in [0.25, 0.3) is 0 Å². The molecule has 0 N–H and O–H groups in total. The van der Waals surface area contributed by atoms with Gasteiger partial charge in [0.2, 0.25) is 0 Å². The normalized spacial score (nSPS) is 12.0. The lowest BCUT2D eigenvalue weighted by atomic mass is 9.81. The summed E-state index contributed by atoms with van der Waals surface area (Å²) in [4.78, 5) is 2.36. The zero-order valence-electron chi connectivity index (χ0n) is 29.4. The maximum absolute atomic E-state index is 2.42. The first-order valence-electron chi connectivity index (χ1n) is 18.5. The largest absolute Gasteiger partial charge is 0.311 e. The summed E-state index contributed by atoms with van der Waals surface area (Å²) in [6.45, 7) is 0. The second-order valence-electron chi connectivity index (χ2n) is 14.1. The average molecular weight is 676 g/mol. The molecule has 1 aliphatic rings. The molecular formula is C52H37N. The third-order valence-electron chi connectivity index (χ3n) is 11.0. The molecule has 0 aliphatic heterocycles. The van der Waals surface area contributed by atoms with Crippen molar-refractivity contribution in [3.63, 3.8) is 0 Å². The first-order valence-corrected chi connectivity index (χ1v) is 18.5. The number of rotatable bonds is 6. The van der Waals surface area contributed by atoms with Crippen molar-refractivity contribution in [2.45, 2.75) is 12.8 Å². The fourth-order valence-corrected chi connectivity index (χ4v) is 8.17. The van der Waals surface area contributed by atoms with Gasteiger partial charge in [0.05, 0.1) is 0 Å². The Kier molecular flexibility index (Phi) is 7.69. The SMILES string of the molecule is c1ccc(-c2ccc(N(c3ccc(-c4ccc5c(c4)-c4c(ccc6ccccc46)CC5)cc3)c3ccc(-c4ccc5ccccc5c4)cc3)cc2)cc1. The van der Waals surface area contributed by atoms with E-state index in [9.17, 15) is 0 Å². The Morgan fingerprint density at radius 1 is 0.302 bits per heavy atom. The van der Waals surface area contributed by atoms with Crippen LogP contribution in [0.4, 0.5) is 17.1 Å². The zero-order valence-corrected chi connectivity index (χ0v) is 29.4. The third-order valence-corrected chi connectivity index (χ3v) is 11.0. The van der Waals surface area contributed by atoms with Crippen LogP contribution in [-0.2, 0) is 12.8 Å². The van der Waals surface area contributed by atoms with Crippen molar-refractivity contribution in [3.8, 4) is 44.5 Å². The van der Waals surface area contributed by atoms with Crippen LogP contribution in [0.25, 0.3) is 66.1 Å². The van der Waals surface area contributed by atoms with Crippen molar-refractivity contribution < 1.29 is 0 Å². The van der Waals surface area contributed by atoms with Gasteiger partial charge in [-0.3, -0.25) is 0 Å². The van der Waals surface area contributed by atoms with E-state index >= 15 is 0 Å². The molecule has 0 heterocycles. The van der Waals surface area contributed by atoms with E-state index in [1.165, 1.54) is 77.2 Å². The molecule has 0 unspecified atom stereocenters. The van der Waals surface area contributed by atoms with Crippen LogP contribution in [0.1, 0.15) is 11.1 Å². The van der Waals surface area contributed by atoms with E-state index in [0.717, 1.165) is 29.9 Å². The minimum absolute atomic E-state index is 1.08. The first-order chi connectivity index (χ1) is 26.2. The number of aryl methyl sites for hydroxylation is 2. The lowest BCUT2D eigenvalue weighted by molar-refractivity contribution is 0.945. The summed E-state index contributed by atoms with van der Waals surface area (Å²) in [5.74, 6) is 0. The number of anilines is 3. The highest BCUT2D eigenvalue weighted by Gasteiger charge is 2.20. The van der Waals surface area contributed by atoms with Crippen molar-refractivity contribution in [1.82, 2.24) is 0 Å². The Balaban J connectivity index is 1.02. The second kappa shape index (κ2) is 13.1. The number of benzene rings is 9. The highest BCUT2D eigenvalue weighted by Crippen LogP contribution is 2.42. The summed E-state index contributed by atoms with van der Waals surface area (Å²) >= 11 is 0. The van der Waals surface area contributed by atoms with E-state index in [-0.39, 0.29) is 0 Å². The minimum Gasteiger partial charge on any atom is -0.311 e. The maximum atomic E-state index is 2.42. The standard InChI is InChI=1S/C52H37N/c1-2-8-36(9-3-1)38-22-28-47(29-23-38)53(48-30-24-39(25-31-48)45-20-14-37-10-4-5-12-44(37)34-45)49-32-26-40(27-33-49)46-21-17-42-16-19-43-18-15-41-11-6-7-13-50(41)52(43)51(42)35-46/h1-15,17-18,20-35H,16,19H2. The molecule has 0 spiro atoms. The van der Waals surface area contributed by atoms with Crippen molar-refractivity contribution in [1.29, 1.82) is 0 Å². The summed E-state index contributed by atoms with van der Waals surface area (Å²) in [5, 5.41) is 5.16. The fourth-order valence-electron chi connectivity index (χ4n) is 8.17. The maximum Gasteiger partial charge on any atom is 0.0462 e. The van der Waals surface area contributed by atoms with Crippen LogP contribution in [0.15, 0.2) is 200 Å². The van der Waals surface area contributed by atoms with Gasteiger partial charge in [-0.25, -0.2) is 0 Å². The zero-order chi connectivity index (χ0) is 35.1.